The minimum absolute atomic E-state index is 0.0351. The van der Waals surface area contributed by atoms with Crippen molar-refractivity contribution < 1.29 is 10.2 Å². The van der Waals surface area contributed by atoms with E-state index in [0.717, 1.165) is 12.1 Å². The minimum atomic E-state index is 0.0351. The van der Waals surface area contributed by atoms with E-state index >= 15 is 0 Å². The average Bonchev–Trinajstić information content (AvgIpc) is 2.26. The predicted molar refractivity (Wildman–Crippen MR) is 78.5 cm³/mol. The monoisotopic (exact) mass is 266 g/mol. The Morgan fingerprint density at radius 2 is 1.79 bits per heavy atom. The summed E-state index contributed by atoms with van der Waals surface area (Å²) in [6, 6.07) is 5.12. The summed E-state index contributed by atoms with van der Waals surface area (Å²) in [6.07, 6.45) is 0. The van der Waals surface area contributed by atoms with Gasteiger partial charge in [0.25, 0.3) is 0 Å². The van der Waals surface area contributed by atoms with Crippen LogP contribution in [0.2, 0.25) is 0 Å². The Hall–Kier alpha value is -1.26. The SMILES string of the molecule is CC(NC(CN(C)C)C(C)C)c1ccc(O)cc1O. The fourth-order valence-corrected chi connectivity index (χ4v) is 2.16. The lowest BCUT2D eigenvalue weighted by Gasteiger charge is -2.29. The molecule has 0 aliphatic carbocycles. The molecule has 0 aromatic heterocycles. The second kappa shape index (κ2) is 6.78. The zero-order valence-corrected chi connectivity index (χ0v) is 12.5. The number of nitrogens with one attached hydrogen (secondary N) is 1. The van der Waals surface area contributed by atoms with Crippen molar-refractivity contribution in [1.82, 2.24) is 10.2 Å². The molecule has 3 N–H and O–H groups in total. The molecule has 0 radical (unpaired) electrons. The third kappa shape index (κ3) is 4.73. The topological polar surface area (TPSA) is 55.7 Å². The van der Waals surface area contributed by atoms with Crippen molar-refractivity contribution in [3.05, 3.63) is 23.8 Å². The Morgan fingerprint density at radius 3 is 2.26 bits per heavy atom. The smallest absolute Gasteiger partial charge is 0.124 e. The van der Waals surface area contributed by atoms with E-state index in [9.17, 15) is 10.2 Å². The molecule has 1 rings (SSSR count). The van der Waals surface area contributed by atoms with Crippen LogP contribution >= 0.6 is 0 Å². The first-order valence-corrected chi connectivity index (χ1v) is 6.74. The van der Waals surface area contributed by atoms with Crippen LogP contribution in [0.4, 0.5) is 0 Å². The molecule has 0 aliphatic heterocycles. The maximum Gasteiger partial charge on any atom is 0.124 e. The van der Waals surface area contributed by atoms with Crippen molar-refractivity contribution in [2.75, 3.05) is 20.6 Å². The molecule has 19 heavy (non-hydrogen) atoms. The maximum atomic E-state index is 9.88. The van der Waals surface area contributed by atoms with E-state index in [0.29, 0.717) is 12.0 Å². The van der Waals surface area contributed by atoms with Gasteiger partial charge in [0.1, 0.15) is 11.5 Å². The first-order valence-electron chi connectivity index (χ1n) is 6.74. The first-order chi connectivity index (χ1) is 8.81. The van der Waals surface area contributed by atoms with Crippen LogP contribution in [-0.4, -0.2) is 41.8 Å². The summed E-state index contributed by atoms with van der Waals surface area (Å²) in [4.78, 5) is 2.15. The quantitative estimate of drug-likeness (QED) is 0.740. The molecule has 0 heterocycles. The zero-order valence-electron chi connectivity index (χ0n) is 12.5. The van der Waals surface area contributed by atoms with Gasteiger partial charge in [-0.05, 0) is 33.0 Å². The van der Waals surface area contributed by atoms with Crippen LogP contribution in [0, 0.1) is 5.92 Å². The molecular formula is C15H26N2O2. The van der Waals surface area contributed by atoms with Crippen LogP contribution in [0.25, 0.3) is 0 Å². The Kier molecular flexibility index (Phi) is 5.63. The highest BCUT2D eigenvalue weighted by Crippen LogP contribution is 2.28. The van der Waals surface area contributed by atoms with Gasteiger partial charge >= 0.3 is 0 Å². The van der Waals surface area contributed by atoms with E-state index < -0.39 is 0 Å². The molecule has 4 heteroatoms. The fraction of sp³-hybridized carbons (Fsp3) is 0.600. The van der Waals surface area contributed by atoms with Crippen molar-refractivity contribution in [1.29, 1.82) is 0 Å². The number of hydrogen-bond acceptors (Lipinski definition) is 4. The number of rotatable bonds is 6. The van der Waals surface area contributed by atoms with Gasteiger partial charge in [-0.15, -0.1) is 0 Å². The summed E-state index contributed by atoms with van der Waals surface area (Å²) in [5.41, 5.74) is 0.808. The molecule has 0 amide bonds. The summed E-state index contributed by atoms with van der Waals surface area (Å²) in [7, 11) is 4.11. The standard InChI is InChI=1S/C15H26N2O2/c1-10(2)14(9-17(4)5)16-11(3)13-7-6-12(18)8-15(13)19/h6-8,10-11,14,16,18-19H,9H2,1-5H3. The molecule has 2 unspecified atom stereocenters. The molecule has 0 fully saturated rings. The van der Waals surface area contributed by atoms with Gasteiger partial charge in [0, 0.05) is 30.3 Å². The average molecular weight is 266 g/mol. The number of hydrogen-bond donors (Lipinski definition) is 3. The van der Waals surface area contributed by atoms with Gasteiger partial charge in [-0.25, -0.2) is 0 Å². The number of aromatic hydroxyl groups is 2. The van der Waals surface area contributed by atoms with Crippen molar-refractivity contribution in [3.63, 3.8) is 0 Å². The summed E-state index contributed by atoms with van der Waals surface area (Å²) < 4.78 is 0. The van der Waals surface area contributed by atoms with Crippen molar-refractivity contribution in [2.24, 2.45) is 5.92 Å². The fourth-order valence-electron chi connectivity index (χ4n) is 2.16. The van der Waals surface area contributed by atoms with Crippen LogP contribution < -0.4 is 5.32 Å². The molecule has 0 spiro atoms. The molecule has 2 atom stereocenters. The molecular weight excluding hydrogens is 240 g/mol. The van der Waals surface area contributed by atoms with E-state index in [1.807, 2.05) is 6.92 Å². The van der Waals surface area contributed by atoms with Crippen molar-refractivity contribution >= 4 is 0 Å². The predicted octanol–water partition coefficient (Wildman–Crippen LogP) is 2.33. The summed E-state index contributed by atoms with van der Waals surface area (Å²) in [5, 5.41) is 22.7. The number of benzene rings is 1. The highest BCUT2D eigenvalue weighted by atomic mass is 16.3. The second-order valence-electron chi connectivity index (χ2n) is 5.74. The summed E-state index contributed by atoms with van der Waals surface area (Å²) in [5.74, 6) is 0.721. The highest BCUT2D eigenvalue weighted by molar-refractivity contribution is 5.40. The Morgan fingerprint density at radius 1 is 1.16 bits per heavy atom. The van der Waals surface area contributed by atoms with E-state index in [2.05, 4.69) is 38.2 Å². The molecule has 4 nitrogen and oxygen atoms in total. The van der Waals surface area contributed by atoms with Crippen LogP contribution in [0.15, 0.2) is 18.2 Å². The minimum Gasteiger partial charge on any atom is -0.508 e. The number of phenolic OH excluding ortho intramolecular Hbond substituents is 2. The molecule has 108 valence electrons. The van der Waals surface area contributed by atoms with Gasteiger partial charge in [-0.3, -0.25) is 0 Å². The van der Waals surface area contributed by atoms with E-state index in [-0.39, 0.29) is 17.5 Å². The Labute approximate surface area is 116 Å². The molecule has 0 saturated carbocycles. The molecule has 1 aromatic rings. The molecule has 0 bridgehead atoms. The Balaban J connectivity index is 2.78. The Bertz CT molecular complexity index is 405. The molecule has 0 saturated heterocycles. The number of nitrogens with zero attached hydrogens (tertiary/aromatic N) is 1. The summed E-state index contributed by atoms with van der Waals surface area (Å²) >= 11 is 0. The van der Waals surface area contributed by atoms with Gasteiger partial charge in [0.2, 0.25) is 0 Å². The van der Waals surface area contributed by atoms with Crippen LogP contribution in [0.5, 0.6) is 11.5 Å². The van der Waals surface area contributed by atoms with E-state index in [1.165, 1.54) is 6.07 Å². The molecule has 0 aliphatic rings. The van der Waals surface area contributed by atoms with E-state index in [1.54, 1.807) is 12.1 Å². The lowest BCUT2D eigenvalue weighted by Crippen LogP contribution is -2.43. The normalized spacial score (nSPS) is 14.9. The van der Waals surface area contributed by atoms with Gasteiger partial charge in [0.05, 0.1) is 0 Å². The zero-order chi connectivity index (χ0) is 14.6. The second-order valence-corrected chi connectivity index (χ2v) is 5.74. The maximum absolute atomic E-state index is 9.88. The van der Waals surface area contributed by atoms with Gasteiger partial charge in [-0.1, -0.05) is 19.9 Å². The lowest BCUT2D eigenvalue weighted by molar-refractivity contribution is 0.272. The van der Waals surface area contributed by atoms with Gasteiger partial charge in [-0.2, -0.15) is 0 Å². The van der Waals surface area contributed by atoms with Crippen LogP contribution in [-0.2, 0) is 0 Å². The highest BCUT2D eigenvalue weighted by Gasteiger charge is 2.19. The van der Waals surface area contributed by atoms with Gasteiger partial charge < -0.3 is 20.4 Å². The van der Waals surface area contributed by atoms with Crippen molar-refractivity contribution in [3.8, 4) is 11.5 Å². The molecule has 1 aromatic carbocycles. The largest absolute Gasteiger partial charge is 0.508 e. The number of likely N-dealkylation sites (N-methyl/N-ethyl adjacent to an activating group) is 1. The third-order valence-electron chi connectivity index (χ3n) is 3.31. The summed E-state index contributed by atoms with van der Waals surface area (Å²) in [6.45, 7) is 7.34. The van der Waals surface area contributed by atoms with Crippen molar-refractivity contribution in [2.45, 2.75) is 32.9 Å². The lowest BCUT2D eigenvalue weighted by atomic mass is 10.00. The van der Waals surface area contributed by atoms with Gasteiger partial charge in [0.15, 0.2) is 0 Å². The van der Waals surface area contributed by atoms with E-state index in [4.69, 9.17) is 0 Å². The van der Waals surface area contributed by atoms with Crippen LogP contribution in [0.3, 0.4) is 0 Å². The first kappa shape index (κ1) is 15.8. The third-order valence-corrected chi connectivity index (χ3v) is 3.31. The number of phenols is 2. The van der Waals surface area contributed by atoms with Crippen LogP contribution in [0.1, 0.15) is 32.4 Å².